The lowest BCUT2D eigenvalue weighted by Crippen LogP contribution is -2.64. The first-order valence-electron chi connectivity index (χ1n) is 6.04. The first-order chi connectivity index (χ1) is 9.06. The van der Waals surface area contributed by atoms with Gasteiger partial charge in [-0.25, -0.2) is 0 Å². The van der Waals surface area contributed by atoms with Crippen LogP contribution in [0.1, 0.15) is 0 Å². The smallest absolute Gasteiger partial charge is 0.319 e. The van der Waals surface area contributed by atoms with Crippen LogP contribution in [0.4, 0.5) is 0 Å². The van der Waals surface area contributed by atoms with Gasteiger partial charge in [-0.05, 0) is 0 Å². The third kappa shape index (κ3) is 2.57. The number of carbonyl (C=O) groups is 1. The van der Waals surface area contributed by atoms with Gasteiger partial charge in [-0.1, -0.05) is 77.6 Å². The zero-order chi connectivity index (χ0) is 13.9. The van der Waals surface area contributed by atoms with Gasteiger partial charge in [-0.2, -0.15) is 0 Å². The SMILES string of the molecule is C[Si](c1ccccc1)(c1ccccc1)C(Cl)C(=O)O. The fraction of sp³-hybridized carbons (Fsp3) is 0.133. The first kappa shape index (κ1) is 13.8. The second-order valence-electron chi connectivity index (χ2n) is 4.64. The van der Waals surface area contributed by atoms with Crippen LogP contribution in [0.2, 0.25) is 6.55 Å². The van der Waals surface area contributed by atoms with E-state index in [0.29, 0.717) is 0 Å². The summed E-state index contributed by atoms with van der Waals surface area (Å²) < 4.78 is 0. The molecule has 0 spiro atoms. The molecule has 0 saturated carbocycles. The molecule has 0 fully saturated rings. The molecule has 0 bridgehead atoms. The highest BCUT2D eigenvalue weighted by Crippen LogP contribution is 2.16. The van der Waals surface area contributed by atoms with E-state index in [-0.39, 0.29) is 0 Å². The van der Waals surface area contributed by atoms with E-state index >= 15 is 0 Å². The van der Waals surface area contributed by atoms with Crippen molar-refractivity contribution in [3.8, 4) is 0 Å². The fourth-order valence-electron chi connectivity index (χ4n) is 2.28. The number of rotatable bonds is 4. The van der Waals surface area contributed by atoms with Crippen molar-refractivity contribution in [1.82, 2.24) is 0 Å². The van der Waals surface area contributed by atoms with Crippen molar-refractivity contribution in [2.45, 2.75) is 11.5 Å². The number of hydrogen-bond acceptors (Lipinski definition) is 1. The normalized spacial score (nSPS) is 12.9. The summed E-state index contributed by atoms with van der Waals surface area (Å²) >= 11 is 6.25. The molecule has 0 amide bonds. The molecule has 0 radical (unpaired) electrons. The van der Waals surface area contributed by atoms with Gasteiger partial charge in [-0.15, -0.1) is 11.6 Å². The predicted octanol–water partition coefficient (Wildman–Crippen LogP) is 2.11. The molecule has 0 saturated heterocycles. The van der Waals surface area contributed by atoms with E-state index in [1.54, 1.807) is 0 Å². The minimum Gasteiger partial charge on any atom is -0.480 e. The molecule has 2 nitrogen and oxygen atoms in total. The average molecular weight is 291 g/mol. The highest BCUT2D eigenvalue weighted by molar-refractivity contribution is 7.08. The van der Waals surface area contributed by atoms with Crippen LogP contribution in [0.15, 0.2) is 60.7 Å². The van der Waals surface area contributed by atoms with E-state index in [0.717, 1.165) is 10.4 Å². The molecule has 2 aromatic rings. The Morgan fingerprint density at radius 2 is 1.37 bits per heavy atom. The maximum absolute atomic E-state index is 11.4. The van der Waals surface area contributed by atoms with Crippen molar-refractivity contribution in [2.75, 3.05) is 0 Å². The molecule has 0 aliphatic heterocycles. The average Bonchev–Trinajstić information content (AvgIpc) is 2.47. The van der Waals surface area contributed by atoms with Gasteiger partial charge in [-0.3, -0.25) is 4.79 Å². The molecule has 0 heterocycles. The molecule has 2 rings (SSSR count). The van der Waals surface area contributed by atoms with Crippen molar-refractivity contribution < 1.29 is 9.90 Å². The van der Waals surface area contributed by atoms with Crippen LogP contribution in [0.25, 0.3) is 0 Å². The number of benzene rings is 2. The molecule has 0 aliphatic carbocycles. The summed E-state index contributed by atoms with van der Waals surface area (Å²) in [7, 11) is -2.50. The van der Waals surface area contributed by atoms with Gasteiger partial charge in [0.15, 0.2) is 0 Å². The number of carboxylic acids is 1. The molecule has 4 heteroatoms. The summed E-state index contributed by atoms with van der Waals surface area (Å²) in [5.41, 5.74) is 0. The molecule has 0 aromatic heterocycles. The summed E-state index contributed by atoms with van der Waals surface area (Å²) in [5, 5.41) is 10.5. The maximum atomic E-state index is 11.4. The summed E-state index contributed by atoms with van der Waals surface area (Å²) in [6, 6.07) is 19.4. The standard InChI is InChI=1S/C15H15ClO2Si/c1-19(14(16)15(17)18,12-8-4-2-5-9-12)13-10-6-3-7-11-13/h2-11,14H,1H3,(H,17,18). The molecule has 2 aromatic carbocycles. The number of carboxylic acid groups (broad SMARTS) is 1. The lowest BCUT2D eigenvalue weighted by atomic mass is 10.4. The summed E-state index contributed by atoms with van der Waals surface area (Å²) in [6.45, 7) is 2.00. The van der Waals surface area contributed by atoms with Gasteiger partial charge in [0.2, 0.25) is 0 Å². The monoisotopic (exact) mass is 290 g/mol. The summed E-state index contributed by atoms with van der Waals surface area (Å²) in [6.07, 6.45) is 0. The topological polar surface area (TPSA) is 37.3 Å². The minimum absolute atomic E-state index is 0.891. The summed E-state index contributed by atoms with van der Waals surface area (Å²) in [4.78, 5) is 11.4. The fourth-order valence-corrected chi connectivity index (χ4v) is 6.21. The van der Waals surface area contributed by atoms with Crippen molar-refractivity contribution in [2.24, 2.45) is 0 Å². The maximum Gasteiger partial charge on any atom is 0.319 e. The van der Waals surface area contributed by atoms with Crippen LogP contribution in [0, 0.1) is 0 Å². The molecule has 19 heavy (non-hydrogen) atoms. The van der Waals surface area contributed by atoms with Crippen LogP contribution >= 0.6 is 11.6 Å². The Hall–Kier alpha value is -1.58. The van der Waals surface area contributed by atoms with Crippen molar-refractivity contribution in [3.63, 3.8) is 0 Å². The number of hydrogen-bond donors (Lipinski definition) is 1. The summed E-state index contributed by atoms with van der Waals surface area (Å²) in [5.74, 6) is -0.955. The van der Waals surface area contributed by atoms with Crippen molar-refractivity contribution in [1.29, 1.82) is 0 Å². The van der Waals surface area contributed by atoms with E-state index in [1.165, 1.54) is 0 Å². The molecule has 1 N–H and O–H groups in total. The van der Waals surface area contributed by atoms with E-state index in [9.17, 15) is 9.90 Å². The van der Waals surface area contributed by atoms with Crippen LogP contribution in [-0.2, 0) is 4.79 Å². The van der Waals surface area contributed by atoms with E-state index in [4.69, 9.17) is 11.6 Å². The predicted molar refractivity (Wildman–Crippen MR) is 81.0 cm³/mol. The number of alkyl halides is 1. The largest absolute Gasteiger partial charge is 0.480 e. The molecule has 1 atom stereocenters. The van der Waals surface area contributed by atoms with Crippen LogP contribution in [0.5, 0.6) is 0 Å². The molecule has 1 unspecified atom stereocenters. The van der Waals surface area contributed by atoms with Crippen LogP contribution in [0.3, 0.4) is 0 Å². The van der Waals surface area contributed by atoms with Gasteiger partial charge in [0.1, 0.15) is 13.1 Å². The van der Waals surface area contributed by atoms with E-state index < -0.39 is 19.0 Å². The Morgan fingerprint density at radius 1 is 1.00 bits per heavy atom. The number of halogens is 1. The van der Waals surface area contributed by atoms with Gasteiger partial charge >= 0.3 is 5.97 Å². The minimum atomic E-state index is -2.50. The Labute approximate surface area is 118 Å². The Morgan fingerprint density at radius 3 is 1.68 bits per heavy atom. The highest BCUT2D eigenvalue weighted by atomic mass is 35.5. The third-order valence-electron chi connectivity index (χ3n) is 3.47. The Bertz CT molecular complexity index is 517. The lowest BCUT2D eigenvalue weighted by molar-refractivity contribution is -0.135. The Balaban J connectivity index is 2.61. The third-order valence-corrected chi connectivity index (χ3v) is 9.29. The molecular weight excluding hydrogens is 276 g/mol. The van der Waals surface area contributed by atoms with Crippen molar-refractivity contribution >= 4 is 36.0 Å². The second kappa shape index (κ2) is 5.59. The van der Waals surface area contributed by atoms with Gasteiger partial charge in [0.05, 0.1) is 0 Å². The van der Waals surface area contributed by atoms with Gasteiger partial charge in [0, 0.05) is 0 Å². The zero-order valence-corrected chi connectivity index (χ0v) is 12.3. The number of aliphatic carboxylic acids is 1. The molecule has 0 aliphatic rings. The van der Waals surface area contributed by atoms with Crippen LogP contribution < -0.4 is 10.4 Å². The second-order valence-corrected chi connectivity index (χ2v) is 9.57. The molecular formula is C15H15ClO2Si. The molecule has 98 valence electrons. The van der Waals surface area contributed by atoms with Gasteiger partial charge in [0.25, 0.3) is 0 Å². The van der Waals surface area contributed by atoms with E-state index in [1.807, 2.05) is 67.2 Å². The first-order valence-corrected chi connectivity index (χ1v) is 9.06. The van der Waals surface area contributed by atoms with Crippen molar-refractivity contribution in [3.05, 3.63) is 60.7 Å². The highest BCUT2D eigenvalue weighted by Gasteiger charge is 2.43. The van der Waals surface area contributed by atoms with Gasteiger partial charge < -0.3 is 5.11 Å². The Kier molecular flexibility index (Phi) is 4.07. The van der Waals surface area contributed by atoms with E-state index in [2.05, 4.69) is 0 Å². The lowest BCUT2D eigenvalue weighted by Gasteiger charge is -2.30. The van der Waals surface area contributed by atoms with Crippen LogP contribution in [-0.4, -0.2) is 24.2 Å². The zero-order valence-electron chi connectivity index (χ0n) is 10.6. The quantitative estimate of drug-likeness (QED) is 0.692.